The third-order valence-electron chi connectivity index (χ3n) is 5.42. The van der Waals surface area contributed by atoms with Gasteiger partial charge < -0.3 is 0 Å². The van der Waals surface area contributed by atoms with Crippen molar-refractivity contribution in [2.24, 2.45) is 0 Å². The third-order valence-corrected chi connectivity index (χ3v) is 6.42. The topological polar surface area (TPSA) is 128 Å². The number of alkyl halides is 3. The van der Waals surface area contributed by atoms with E-state index in [2.05, 4.69) is 19.9 Å². The van der Waals surface area contributed by atoms with E-state index in [0.29, 0.717) is 11.3 Å². The zero-order chi connectivity index (χ0) is 25.8. The molecule has 4 heterocycles. The van der Waals surface area contributed by atoms with Gasteiger partial charge in [-0.25, -0.2) is 23.2 Å². The van der Waals surface area contributed by atoms with E-state index in [-0.39, 0.29) is 32.6 Å². The molecule has 4 aromatic heterocycles. The molecule has 1 aromatic carbocycles. The van der Waals surface area contributed by atoms with E-state index in [4.69, 9.17) is 0 Å². The first-order valence-electron chi connectivity index (χ1n) is 10.2. The maximum atomic E-state index is 13.3. The lowest BCUT2D eigenvalue weighted by Gasteiger charge is -2.14. The number of halogens is 3. The highest BCUT2D eigenvalue weighted by Gasteiger charge is 2.31. The Bertz CT molecular complexity index is 1900. The Labute approximate surface area is 199 Å². The highest BCUT2D eigenvalue weighted by Crippen LogP contribution is 2.31. The molecular weight excluding hydrogens is 499 g/mol. The van der Waals surface area contributed by atoms with Gasteiger partial charge >= 0.3 is 11.9 Å². The zero-order valence-electron chi connectivity index (χ0n) is 18.2. The molecule has 0 spiro atoms. The second kappa shape index (κ2) is 8.09. The van der Waals surface area contributed by atoms with E-state index in [1.165, 1.54) is 30.6 Å². The van der Waals surface area contributed by atoms with Crippen molar-refractivity contribution in [2.75, 3.05) is 6.26 Å². The Kier molecular flexibility index (Phi) is 5.25. The number of pyridine rings is 3. The van der Waals surface area contributed by atoms with E-state index < -0.39 is 32.8 Å². The van der Waals surface area contributed by atoms with Crippen LogP contribution in [-0.2, 0) is 16.0 Å². The summed E-state index contributed by atoms with van der Waals surface area (Å²) in [6, 6.07) is 10.1. The second-order valence-corrected chi connectivity index (χ2v) is 9.85. The lowest BCUT2D eigenvalue weighted by molar-refractivity contribution is -0.137. The summed E-state index contributed by atoms with van der Waals surface area (Å²) >= 11 is 0. The van der Waals surface area contributed by atoms with Gasteiger partial charge in [0.25, 0.3) is 5.56 Å². The molecule has 0 aliphatic heterocycles. The number of hydrogen-bond acceptors (Lipinski definition) is 7. The van der Waals surface area contributed by atoms with Gasteiger partial charge in [-0.05, 0) is 42.5 Å². The lowest BCUT2D eigenvalue weighted by Crippen LogP contribution is -2.29. The van der Waals surface area contributed by atoms with Crippen LogP contribution in [0.15, 0.2) is 75.5 Å². The summed E-state index contributed by atoms with van der Waals surface area (Å²) in [5.74, 6) is 0. The quantitative estimate of drug-likeness (QED) is 0.367. The minimum absolute atomic E-state index is 0.0318. The molecule has 9 nitrogen and oxygen atoms in total. The van der Waals surface area contributed by atoms with Crippen molar-refractivity contribution in [1.29, 1.82) is 0 Å². The van der Waals surface area contributed by atoms with E-state index in [1.807, 2.05) is 0 Å². The first-order valence-corrected chi connectivity index (χ1v) is 12.1. The number of nitrogens with zero attached hydrogens (tertiary/aromatic N) is 4. The fraction of sp³-hybridized carbons (Fsp3) is 0.0870. The Morgan fingerprint density at radius 3 is 2.42 bits per heavy atom. The summed E-state index contributed by atoms with van der Waals surface area (Å²) in [7, 11) is -3.52. The van der Waals surface area contributed by atoms with Crippen LogP contribution in [0, 0.1) is 0 Å². The van der Waals surface area contributed by atoms with Crippen molar-refractivity contribution < 1.29 is 21.6 Å². The second-order valence-electron chi connectivity index (χ2n) is 7.88. The molecule has 0 bridgehead atoms. The highest BCUT2D eigenvalue weighted by atomic mass is 32.2. The van der Waals surface area contributed by atoms with Crippen molar-refractivity contribution >= 4 is 31.8 Å². The van der Waals surface area contributed by atoms with Gasteiger partial charge in [0.1, 0.15) is 5.52 Å². The molecule has 0 saturated heterocycles. The minimum atomic E-state index is -4.65. The van der Waals surface area contributed by atoms with Crippen LogP contribution in [0.25, 0.3) is 38.9 Å². The minimum Gasteiger partial charge on any atom is -0.273 e. The maximum absolute atomic E-state index is 13.3. The van der Waals surface area contributed by atoms with Crippen LogP contribution in [-0.4, -0.2) is 39.2 Å². The number of aromatic nitrogens is 5. The molecule has 1 N–H and O–H groups in total. The van der Waals surface area contributed by atoms with Gasteiger partial charge in [0.2, 0.25) is 0 Å². The van der Waals surface area contributed by atoms with E-state index in [0.717, 1.165) is 29.0 Å². The number of rotatable bonds is 3. The molecule has 5 rings (SSSR count). The SMILES string of the molecule is CS(=O)(=O)c1ccc(-c2ccc3ncc4c(=O)[nH]c(=O)n(-c5cccc(C(F)(F)F)c5)c4c3n2)cn1. The summed E-state index contributed by atoms with van der Waals surface area (Å²) in [4.78, 5) is 40.2. The van der Waals surface area contributed by atoms with Crippen LogP contribution >= 0.6 is 0 Å². The van der Waals surface area contributed by atoms with Gasteiger partial charge in [0.05, 0.1) is 33.4 Å². The monoisotopic (exact) mass is 513 g/mol. The number of nitrogens with one attached hydrogen (secondary N) is 1. The first-order chi connectivity index (χ1) is 16.9. The molecule has 0 atom stereocenters. The Morgan fingerprint density at radius 2 is 1.75 bits per heavy atom. The van der Waals surface area contributed by atoms with E-state index >= 15 is 0 Å². The number of H-pyrrole nitrogens is 1. The molecule has 0 aliphatic carbocycles. The number of hydrogen-bond donors (Lipinski definition) is 1. The largest absolute Gasteiger partial charge is 0.416 e. The van der Waals surface area contributed by atoms with Gasteiger partial charge in [-0.3, -0.25) is 19.3 Å². The summed E-state index contributed by atoms with van der Waals surface area (Å²) in [6.45, 7) is 0. The van der Waals surface area contributed by atoms with Gasteiger partial charge in [0.15, 0.2) is 14.9 Å². The van der Waals surface area contributed by atoms with Crippen LogP contribution in [0.1, 0.15) is 5.56 Å². The van der Waals surface area contributed by atoms with Crippen LogP contribution in [0.3, 0.4) is 0 Å². The number of aromatic amines is 1. The maximum Gasteiger partial charge on any atom is 0.416 e. The molecule has 0 fully saturated rings. The van der Waals surface area contributed by atoms with Crippen LogP contribution in [0.4, 0.5) is 13.2 Å². The molecule has 0 unspecified atom stereocenters. The molecule has 5 aromatic rings. The van der Waals surface area contributed by atoms with Gasteiger partial charge in [-0.2, -0.15) is 13.2 Å². The third kappa shape index (κ3) is 4.02. The van der Waals surface area contributed by atoms with E-state index in [1.54, 1.807) is 12.1 Å². The molecule has 182 valence electrons. The fourth-order valence-corrected chi connectivity index (χ4v) is 4.31. The van der Waals surface area contributed by atoms with Crippen molar-refractivity contribution in [2.45, 2.75) is 11.2 Å². The fourth-order valence-electron chi connectivity index (χ4n) is 3.75. The van der Waals surface area contributed by atoms with Crippen LogP contribution in [0.2, 0.25) is 0 Å². The van der Waals surface area contributed by atoms with Gasteiger partial charge in [-0.15, -0.1) is 0 Å². The standard InChI is InChI=1S/C23H14F3N5O4S/c1-36(34,35)18-8-5-12(10-28-18)16-6-7-17-19(29-16)20-15(11-27-17)21(32)30-22(33)31(20)14-4-2-3-13(9-14)23(24,25)26/h2-11H,1H3,(H,30,32,33). The van der Waals surface area contributed by atoms with E-state index in [9.17, 15) is 31.2 Å². The molecule has 0 saturated carbocycles. The zero-order valence-corrected chi connectivity index (χ0v) is 19.1. The highest BCUT2D eigenvalue weighted by molar-refractivity contribution is 7.90. The number of benzene rings is 1. The predicted molar refractivity (Wildman–Crippen MR) is 125 cm³/mol. The van der Waals surface area contributed by atoms with Crippen molar-refractivity contribution in [3.63, 3.8) is 0 Å². The molecule has 36 heavy (non-hydrogen) atoms. The number of sulfone groups is 1. The van der Waals surface area contributed by atoms with Crippen molar-refractivity contribution in [3.05, 3.63) is 87.3 Å². The van der Waals surface area contributed by atoms with Crippen LogP contribution < -0.4 is 11.2 Å². The van der Waals surface area contributed by atoms with Crippen molar-refractivity contribution in [3.8, 4) is 16.9 Å². The summed E-state index contributed by atoms with van der Waals surface area (Å²) < 4.78 is 64.4. The Morgan fingerprint density at radius 1 is 0.972 bits per heavy atom. The average molecular weight is 513 g/mol. The Hall–Kier alpha value is -4.39. The Balaban J connectivity index is 1.82. The van der Waals surface area contributed by atoms with Crippen LogP contribution in [0.5, 0.6) is 0 Å². The van der Waals surface area contributed by atoms with Gasteiger partial charge in [-0.1, -0.05) is 6.07 Å². The summed E-state index contributed by atoms with van der Waals surface area (Å²) in [6.07, 6.45) is -1.12. The first kappa shape index (κ1) is 23.4. The lowest BCUT2D eigenvalue weighted by atomic mass is 10.1. The molecule has 13 heteroatoms. The number of fused-ring (bicyclic) bond motifs is 3. The van der Waals surface area contributed by atoms with Gasteiger partial charge in [0, 0.05) is 24.2 Å². The molecule has 0 aliphatic rings. The summed E-state index contributed by atoms with van der Waals surface area (Å²) in [5.41, 5.74) is -1.77. The molecule has 0 radical (unpaired) electrons. The average Bonchev–Trinajstić information content (AvgIpc) is 2.83. The molecule has 0 amide bonds. The normalized spacial score (nSPS) is 12.3. The molecular formula is C23H14F3N5O4S. The predicted octanol–water partition coefficient (Wildman–Crippen LogP) is 3.11. The summed E-state index contributed by atoms with van der Waals surface area (Å²) in [5, 5.41) is -0.196. The smallest absolute Gasteiger partial charge is 0.273 e. The van der Waals surface area contributed by atoms with Crippen molar-refractivity contribution in [1.82, 2.24) is 24.5 Å².